The van der Waals surface area contributed by atoms with Crippen LogP contribution in [0.1, 0.15) is 26.7 Å². The van der Waals surface area contributed by atoms with Crippen LogP contribution < -0.4 is 0 Å². The average Bonchev–Trinajstić information content (AvgIpc) is 2.34. The smallest absolute Gasteiger partial charge is 0.336 e. The van der Waals surface area contributed by atoms with Crippen molar-refractivity contribution in [3.63, 3.8) is 0 Å². The zero-order valence-corrected chi connectivity index (χ0v) is 10.6. The van der Waals surface area contributed by atoms with Crippen molar-refractivity contribution in [3.8, 4) is 0 Å². The Hall–Kier alpha value is -1.07. The van der Waals surface area contributed by atoms with Crippen molar-refractivity contribution in [2.24, 2.45) is 0 Å². The Morgan fingerprint density at radius 2 is 2.00 bits per heavy atom. The molecule has 0 atom stereocenters. The van der Waals surface area contributed by atoms with E-state index >= 15 is 0 Å². The summed E-state index contributed by atoms with van der Waals surface area (Å²) in [6.45, 7) is 5.02. The number of unbranched alkanes of at least 4 members (excludes halogenated alkanes) is 1. The first kappa shape index (κ1) is 15.9. The Bertz CT molecular complexity index is 225. The zero-order chi connectivity index (χ0) is 12.9. The standard InChI is InChI=1S/C12H22O5/c1-3-4-6-16-10-11(2)12(14)17-9-8-15-7-5-13/h10,13H,3-9H2,1-2H3. The maximum absolute atomic E-state index is 11.4. The van der Waals surface area contributed by atoms with Gasteiger partial charge in [0.1, 0.15) is 6.61 Å². The van der Waals surface area contributed by atoms with E-state index in [2.05, 4.69) is 6.92 Å². The van der Waals surface area contributed by atoms with Gasteiger partial charge in [-0.2, -0.15) is 0 Å². The number of hydrogen-bond donors (Lipinski definition) is 1. The van der Waals surface area contributed by atoms with Crippen LogP contribution in [0.5, 0.6) is 0 Å². The number of carbonyl (C=O) groups is 1. The quantitative estimate of drug-likeness (QED) is 0.272. The van der Waals surface area contributed by atoms with Gasteiger partial charge in [-0.1, -0.05) is 13.3 Å². The number of ether oxygens (including phenoxy) is 3. The van der Waals surface area contributed by atoms with Crippen molar-refractivity contribution in [2.75, 3.05) is 33.0 Å². The maximum atomic E-state index is 11.4. The van der Waals surface area contributed by atoms with Crippen LogP contribution in [-0.4, -0.2) is 44.1 Å². The van der Waals surface area contributed by atoms with Crippen molar-refractivity contribution in [3.05, 3.63) is 11.8 Å². The molecule has 0 spiro atoms. The van der Waals surface area contributed by atoms with Crippen molar-refractivity contribution < 1.29 is 24.1 Å². The lowest BCUT2D eigenvalue weighted by atomic mass is 10.3. The molecule has 0 heterocycles. The monoisotopic (exact) mass is 246 g/mol. The number of rotatable bonds is 10. The first-order chi connectivity index (χ1) is 8.22. The van der Waals surface area contributed by atoms with E-state index in [1.165, 1.54) is 6.26 Å². The second-order valence-corrected chi connectivity index (χ2v) is 3.50. The third kappa shape index (κ3) is 9.84. The summed E-state index contributed by atoms with van der Waals surface area (Å²) in [5, 5.41) is 8.45. The number of hydrogen-bond acceptors (Lipinski definition) is 5. The predicted octanol–water partition coefficient (Wildman–Crippen LogP) is 1.26. The van der Waals surface area contributed by atoms with Gasteiger partial charge < -0.3 is 19.3 Å². The third-order valence-corrected chi connectivity index (χ3v) is 1.89. The summed E-state index contributed by atoms with van der Waals surface area (Å²) in [5.74, 6) is -0.408. The molecule has 0 unspecified atom stereocenters. The summed E-state index contributed by atoms with van der Waals surface area (Å²) >= 11 is 0. The molecule has 0 amide bonds. The molecule has 0 saturated carbocycles. The van der Waals surface area contributed by atoms with Gasteiger partial charge in [-0.15, -0.1) is 0 Å². The Morgan fingerprint density at radius 1 is 1.24 bits per heavy atom. The van der Waals surface area contributed by atoms with E-state index in [4.69, 9.17) is 19.3 Å². The van der Waals surface area contributed by atoms with Gasteiger partial charge in [0.05, 0.1) is 38.3 Å². The Balaban J connectivity index is 3.59. The highest BCUT2D eigenvalue weighted by Crippen LogP contribution is 1.98. The van der Waals surface area contributed by atoms with Crippen LogP contribution in [0.25, 0.3) is 0 Å². The molecule has 0 aliphatic carbocycles. The molecule has 0 aromatic carbocycles. The third-order valence-electron chi connectivity index (χ3n) is 1.89. The fraction of sp³-hybridized carbons (Fsp3) is 0.750. The van der Waals surface area contributed by atoms with Gasteiger partial charge >= 0.3 is 5.97 Å². The minimum atomic E-state index is -0.408. The van der Waals surface area contributed by atoms with E-state index in [1.807, 2.05) is 0 Å². The number of carbonyl (C=O) groups excluding carboxylic acids is 1. The largest absolute Gasteiger partial charge is 0.501 e. The van der Waals surface area contributed by atoms with Gasteiger partial charge in [-0.25, -0.2) is 4.79 Å². The van der Waals surface area contributed by atoms with Crippen LogP contribution in [0.15, 0.2) is 11.8 Å². The van der Waals surface area contributed by atoms with E-state index < -0.39 is 5.97 Å². The lowest BCUT2D eigenvalue weighted by molar-refractivity contribution is -0.140. The summed E-state index contributed by atoms with van der Waals surface area (Å²) in [6, 6.07) is 0. The Morgan fingerprint density at radius 3 is 2.65 bits per heavy atom. The summed E-state index contributed by atoms with van der Waals surface area (Å²) in [6.07, 6.45) is 3.44. The van der Waals surface area contributed by atoms with Crippen LogP contribution in [0, 0.1) is 0 Å². The lowest BCUT2D eigenvalue weighted by Crippen LogP contribution is -2.12. The molecule has 0 fully saturated rings. The van der Waals surface area contributed by atoms with Crippen molar-refractivity contribution in [1.82, 2.24) is 0 Å². The molecule has 0 rings (SSSR count). The van der Waals surface area contributed by atoms with Gasteiger partial charge in [0.2, 0.25) is 0 Å². The molecule has 0 aromatic heterocycles. The van der Waals surface area contributed by atoms with Crippen molar-refractivity contribution in [2.45, 2.75) is 26.7 Å². The first-order valence-corrected chi connectivity index (χ1v) is 5.86. The Labute approximate surface area is 102 Å². The van der Waals surface area contributed by atoms with E-state index in [0.717, 1.165) is 12.8 Å². The highest BCUT2D eigenvalue weighted by Gasteiger charge is 2.05. The molecule has 0 aliphatic rings. The van der Waals surface area contributed by atoms with Crippen LogP contribution in [0.4, 0.5) is 0 Å². The molecule has 0 radical (unpaired) electrons. The van der Waals surface area contributed by atoms with Crippen molar-refractivity contribution >= 4 is 5.97 Å². The van der Waals surface area contributed by atoms with Gasteiger partial charge in [-0.05, 0) is 13.3 Å². The second kappa shape index (κ2) is 11.4. The lowest BCUT2D eigenvalue weighted by Gasteiger charge is -2.05. The summed E-state index contributed by atoms with van der Waals surface area (Å²) in [4.78, 5) is 11.4. The van der Waals surface area contributed by atoms with Crippen LogP contribution in [-0.2, 0) is 19.0 Å². The molecule has 17 heavy (non-hydrogen) atoms. The molecule has 100 valence electrons. The zero-order valence-electron chi connectivity index (χ0n) is 10.6. The minimum Gasteiger partial charge on any atom is -0.501 e. The van der Waals surface area contributed by atoms with Gasteiger partial charge in [-0.3, -0.25) is 0 Å². The number of aliphatic hydroxyl groups excluding tert-OH is 1. The predicted molar refractivity (Wildman–Crippen MR) is 63.5 cm³/mol. The minimum absolute atomic E-state index is 0.0296. The summed E-state index contributed by atoms with van der Waals surface area (Å²) in [5.41, 5.74) is 0.434. The molecule has 5 heteroatoms. The molecule has 0 bridgehead atoms. The number of esters is 1. The van der Waals surface area contributed by atoms with Gasteiger partial charge in [0.25, 0.3) is 0 Å². The normalized spacial score (nSPS) is 11.4. The molecule has 0 saturated heterocycles. The molecular weight excluding hydrogens is 224 g/mol. The first-order valence-electron chi connectivity index (χ1n) is 5.86. The highest BCUT2D eigenvalue weighted by molar-refractivity contribution is 5.87. The number of aliphatic hydroxyl groups is 1. The second-order valence-electron chi connectivity index (χ2n) is 3.50. The van der Waals surface area contributed by atoms with Crippen LogP contribution >= 0.6 is 0 Å². The van der Waals surface area contributed by atoms with Crippen LogP contribution in [0.2, 0.25) is 0 Å². The SMILES string of the molecule is CCCCOC=C(C)C(=O)OCCOCCO. The van der Waals surface area contributed by atoms with Gasteiger partial charge in [0.15, 0.2) is 0 Å². The maximum Gasteiger partial charge on any atom is 0.336 e. The molecule has 5 nitrogen and oxygen atoms in total. The Kier molecular flexibility index (Phi) is 10.7. The van der Waals surface area contributed by atoms with Crippen molar-refractivity contribution in [1.29, 1.82) is 0 Å². The fourth-order valence-corrected chi connectivity index (χ4v) is 0.933. The van der Waals surface area contributed by atoms with E-state index in [1.54, 1.807) is 6.92 Å². The highest BCUT2D eigenvalue weighted by atomic mass is 16.6. The fourth-order valence-electron chi connectivity index (χ4n) is 0.933. The molecule has 0 aliphatic heterocycles. The average molecular weight is 246 g/mol. The van der Waals surface area contributed by atoms with E-state index in [0.29, 0.717) is 12.2 Å². The molecule has 1 N–H and O–H groups in total. The van der Waals surface area contributed by atoms with E-state index in [-0.39, 0.29) is 26.4 Å². The summed E-state index contributed by atoms with van der Waals surface area (Å²) < 4.78 is 15.0. The molecule has 0 aromatic rings. The van der Waals surface area contributed by atoms with Gasteiger partial charge in [0, 0.05) is 0 Å². The molecular formula is C12H22O5. The topological polar surface area (TPSA) is 65.0 Å². The van der Waals surface area contributed by atoms with Crippen LogP contribution in [0.3, 0.4) is 0 Å². The summed E-state index contributed by atoms with van der Waals surface area (Å²) in [7, 11) is 0. The van der Waals surface area contributed by atoms with E-state index in [9.17, 15) is 4.79 Å².